The molecule has 1 heteroatoms. The summed E-state index contributed by atoms with van der Waals surface area (Å²) in [5.74, 6) is 1.59. The van der Waals surface area contributed by atoms with E-state index in [4.69, 9.17) is 4.74 Å². The molecule has 0 amide bonds. The summed E-state index contributed by atoms with van der Waals surface area (Å²) < 4.78 is 6.38. The van der Waals surface area contributed by atoms with Crippen molar-refractivity contribution in [3.8, 4) is 0 Å². The first kappa shape index (κ1) is 14.1. The molecule has 18 heavy (non-hydrogen) atoms. The van der Waals surface area contributed by atoms with Crippen molar-refractivity contribution < 1.29 is 4.74 Å². The maximum Gasteiger partial charge on any atom is 0.0584 e. The van der Waals surface area contributed by atoms with Crippen LogP contribution in [0.5, 0.6) is 0 Å². The SMILES string of the molecule is CC1CCCC(OC2CCC=C(C(C)C)CC2)C1. The number of ether oxygens (including phenoxy) is 1. The summed E-state index contributed by atoms with van der Waals surface area (Å²) in [4.78, 5) is 0. The van der Waals surface area contributed by atoms with Crippen LogP contribution in [0.4, 0.5) is 0 Å². The lowest BCUT2D eigenvalue weighted by Gasteiger charge is -2.30. The second-order valence-electron chi connectivity index (χ2n) is 6.70. The van der Waals surface area contributed by atoms with Crippen LogP contribution in [-0.4, -0.2) is 12.2 Å². The fraction of sp³-hybridized carbons (Fsp3) is 0.882. The average molecular weight is 250 g/mol. The van der Waals surface area contributed by atoms with Gasteiger partial charge in [0, 0.05) is 0 Å². The van der Waals surface area contributed by atoms with Crippen LogP contribution < -0.4 is 0 Å². The smallest absolute Gasteiger partial charge is 0.0584 e. The fourth-order valence-electron chi connectivity index (χ4n) is 3.46. The van der Waals surface area contributed by atoms with Gasteiger partial charge in [-0.25, -0.2) is 0 Å². The highest BCUT2D eigenvalue weighted by Crippen LogP contribution is 2.30. The molecule has 1 saturated carbocycles. The van der Waals surface area contributed by atoms with Gasteiger partial charge in [-0.05, 0) is 50.4 Å². The summed E-state index contributed by atoms with van der Waals surface area (Å²) in [6.45, 7) is 7.01. The first-order chi connectivity index (χ1) is 8.65. The van der Waals surface area contributed by atoms with Crippen molar-refractivity contribution in [1.29, 1.82) is 0 Å². The van der Waals surface area contributed by atoms with Gasteiger partial charge in [-0.2, -0.15) is 0 Å². The lowest BCUT2D eigenvalue weighted by molar-refractivity contribution is -0.0439. The average Bonchev–Trinajstić information content (AvgIpc) is 2.55. The monoisotopic (exact) mass is 250 g/mol. The Morgan fingerprint density at radius 1 is 1.11 bits per heavy atom. The van der Waals surface area contributed by atoms with Crippen LogP contribution in [0.3, 0.4) is 0 Å². The Labute approximate surface area is 113 Å². The van der Waals surface area contributed by atoms with E-state index >= 15 is 0 Å². The topological polar surface area (TPSA) is 9.23 Å². The number of hydrogen-bond donors (Lipinski definition) is 0. The molecule has 0 aromatic rings. The minimum Gasteiger partial charge on any atom is -0.375 e. The highest BCUT2D eigenvalue weighted by molar-refractivity contribution is 5.07. The Kier molecular flexibility index (Phi) is 5.29. The van der Waals surface area contributed by atoms with Gasteiger partial charge in [-0.1, -0.05) is 45.3 Å². The van der Waals surface area contributed by atoms with Gasteiger partial charge in [0.15, 0.2) is 0 Å². The van der Waals surface area contributed by atoms with Gasteiger partial charge in [0.25, 0.3) is 0 Å². The molecular weight excluding hydrogens is 220 g/mol. The molecule has 0 bridgehead atoms. The van der Waals surface area contributed by atoms with Crippen LogP contribution in [-0.2, 0) is 4.74 Å². The van der Waals surface area contributed by atoms with Crippen molar-refractivity contribution in [3.05, 3.63) is 11.6 Å². The molecule has 1 nitrogen and oxygen atoms in total. The Hall–Kier alpha value is -0.300. The maximum atomic E-state index is 6.38. The largest absolute Gasteiger partial charge is 0.375 e. The van der Waals surface area contributed by atoms with Gasteiger partial charge in [-0.15, -0.1) is 0 Å². The third-order valence-electron chi connectivity index (χ3n) is 4.66. The third kappa shape index (κ3) is 4.12. The summed E-state index contributed by atoms with van der Waals surface area (Å²) in [5, 5.41) is 0. The lowest BCUT2D eigenvalue weighted by atomic mass is 9.88. The molecule has 0 heterocycles. The van der Waals surface area contributed by atoms with E-state index in [1.807, 2.05) is 0 Å². The summed E-state index contributed by atoms with van der Waals surface area (Å²) >= 11 is 0. The van der Waals surface area contributed by atoms with E-state index in [1.165, 1.54) is 51.4 Å². The highest BCUT2D eigenvalue weighted by atomic mass is 16.5. The molecule has 0 N–H and O–H groups in total. The first-order valence-corrected chi connectivity index (χ1v) is 7.99. The minimum atomic E-state index is 0.521. The van der Waals surface area contributed by atoms with Crippen molar-refractivity contribution in [1.82, 2.24) is 0 Å². The van der Waals surface area contributed by atoms with Crippen LogP contribution >= 0.6 is 0 Å². The molecule has 0 aromatic carbocycles. The minimum absolute atomic E-state index is 0.521. The Morgan fingerprint density at radius 3 is 2.67 bits per heavy atom. The molecule has 2 aliphatic rings. The van der Waals surface area contributed by atoms with Crippen molar-refractivity contribution in [3.63, 3.8) is 0 Å². The van der Waals surface area contributed by atoms with Gasteiger partial charge in [0.2, 0.25) is 0 Å². The zero-order chi connectivity index (χ0) is 13.0. The van der Waals surface area contributed by atoms with E-state index in [1.54, 1.807) is 5.57 Å². The number of hydrogen-bond acceptors (Lipinski definition) is 1. The van der Waals surface area contributed by atoms with Crippen LogP contribution in [0, 0.1) is 11.8 Å². The van der Waals surface area contributed by atoms with Crippen molar-refractivity contribution in [2.45, 2.75) is 84.3 Å². The predicted molar refractivity (Wildman–Crippen MR) is 77.7 cm³/mol. The summed E-state index contributed by atoms with van der Waals surface area (Å²) in [6.07, 6.45) is 13.9. The summed E-state index contributed by atoms with van der Waals surface area (Å²) in [5.41, 5.74) is 1.65. The Morgan fingerprint density at radius 2 is 1.94 bits per heavy atom. The number of allylic oxidation sites excluding steroid dienone is 2. The second kappa shape index (κ2) is 6.75. The highest BCUT2D eigenvalue weighted by Gasteiger charge is 2.23. The van der Waals surface area contributed by atoms with Gasteiger partial charge in [-0.3, -0.25) is 0 Å². The van der Waals surface area contributed by atoms with Gasteiger partial charge in [0.1, 0.15) is 0 Å². The third-order valence-corrected chi connectivity index (χ3v) is 4.66. The summed E-state index contributed by atoms with van der Waals surface area (Å²) in [7, 11) is 0. The Balaban J connectivity index is 1.78. The molecule has 3 atom stereocenters. The lowest BCUT2D eigenvalue weighted by Crippen LogP contribution is -2.27. The standard InChI is InChI=1S/C17H30O/c1-13(2)15-7-5-8-16(11-10-15)18-17-9-4-6-14(3)12-17/h7,13-14,16-17H,4-6,8-12H2,1-3H3. The quantitative estimate of drug-likeness (QED) is 0.633. The molecular formula is C17H30O. The van der Waals surface area contributed by atoms with Gasteiger partial charge in [0.05, 0.1) is 12.2 Å². The van der Waals surface area contributed by atoms with Crippen LogP contribution in [0.1, 0.15) is 72.1 Å². The molecule has 0 spiro atoms. The maximum absolute atomic E-state index is 6.38. The summed E-state index contributed by atoms with van der Waals surface area (Å²) in [6, 6.07) is 0. The molecule has 0 saturated heterocycles. The molecule has 3 unspecified atom stereocenters. The molecule has 2 aliphatic carbocycles. The molecule has 0 aliphatic heterocycles. The zero-order valence-corrected chi connectivity index (χ0v) is 12.5. The van der Waals surface area contributed by atoms with Crippen LogP contribution in [0.15, 0.2) is 11.6 Å². The van der Waals surface area contributed by atoms with Crippen molar-refractivity contribution in [2.75, 3.05) is 0 Å². The molecule has 0 aromatic heterocycles. The van der Waals surface area contributed by atoms with Crippen molar-refractivity contribution >= 4 is 0 Å². The van der Waals surface area contributed by atoms with Crippen LogP contribution in [0.25, 0.3) is 0 Å². The van der Waals surface area contributed by atoms with E-state index in [-0.39, 0.29) is 0 Å². The van der Waals surface area contributed by atoms with Crippen molar-refractivity contribution in [2.24, 2.45) is 11.8 Å². The van der Waals surface area contributed by atoms with Gasteiger partial charge >= 0.3 is 0 Å². The fourth-order valence-corrected chi connectivity index (χ4v) is 3.46. The predicted octanol–water partition coefficient (Wildman–Crippen LogP) is 5.11. The molecule has 0 radical (unpaired) electrons. The Bertz CT molecular complexity index is 279. The normalized spacial score (nSPS) is 34.2. The first-order valence-electron chi connectivity index (χ1n) is 7.99. The molecule has 1 fully saturated rings. The molecule has 2 rings (SSSR count). The molecule has 104 valence electrons. The van der Waals surface area contributed by atoms with E-state index < -0.39 is 0 Å². The van der Waals surface area contributed by atoms with E-state index in [0.29, 0.717) is 12.2 Å². The van der Waals surface area contributed by atoms with E-state index in [2.05, 4.69) is 26.8 Å². The van der Waals surface area contributed by atoms with E-state index in [0.717, 1.165) is 11.8 Å². The zero-order valence-electron chi connectivity index (χ0n) is 12.5. The number of rotatable bonds is 3. The van der Waals surface area contributed by atoms with Crippen LogP contribution in [0.2, 0.25) is 0 Å². The van der Waals surface area contributed by atoms with Gasteiger partial charge < -0.3 is 4.74 Å². The van der Waals surface area contributed by atoms with E-state index in [9.17, 15) is 0 Å². The second-order valence-corrected chi connectivity index (χ2v) is 6.70.